The zero-order chi connectivity index (χ0) is 14.8. The number of carbonyl (C=O) groups excluding carboxylic acids is 1. The molecule has 21 heavy (non-hydrogen) atoms. The third-order valence-corrected chi connectivity index (χ3v) is 4.13. The molecule has 1 amide bonds. The molecule has 0 atom stereocenters. The van der Waals surface area contributed by atoms with Crippen LogP contribution >= 0.6 is 34.5 Å². The van der Waals surface area contributed by atoms with Crippen molar-refractivity contribution in [2.45, 2.75) is 0 Å². The van der Waals surface area contributed by atoms with Crippen LogP contribution < -0.4 is 5.32 Å². The van der Waals surface area contributed by atoms with Crippen LogP contribution in [-0.4, -0.2) is 20.7 Å². The van der Waals surface area contributed by atoms with Crippen LogP contribution in [0.2, 0.25) is 9.36 Å². The molecule has 0 aliphatic carbocycles. The molecule has 2 aromatic heterocycles. The Bertz CT molecular complexity index is 785. The van der Waals surface area contributed by atoms with Crippen LogP contribution in [0, 0.1) is 0 Å². The molecule has 0 aliphatic heterocycles. The number of benzene rings is 1. The molecule has 1 N–H and O–H groups in total. The lowest BCUT2D eigenvalue weighted by Gasteiger charge is -2.10. The van der Waals surface area contributed by atoms with E-state index in [-0.39, 0.29) is 5.91 Å². The number of aromatic nitrogens is 3. The molecule has 8 heteroatoms. The van der Waals surface area contributed by atoms with Crippen molar-refractivity contribution >= 4 is 46.1 Å². The Kier molecular flexibility index (Phi) is 3.92. The number of hydrogen-bond acceptors (Lipinski definition) is 4. The van der Waals surface area contributed by atoms with Crippen LogP contribution in [0.3, 0.4) is 0 Å². The number of rotatable bonds is 3. The molecule has 0 bridgehead atoms. The predicted molar refractivity (Wildman–Crippen MR) is 83.7 cm³/mol. The highest BCUT2D eigenvalue weighted by atomic mass is 35.5. The highest BCUT2D eigenvalue weighted by molar-refractivity contribution is 7.18. The number of halogens is 2. The molecule has 106 valence electrons. The first-order valence-electron chi connectivity index (χ1n) is 5.85. The summed E-state index contributed by atoms with van der Waals surface area (Å²) in [5.41, 5.74) is 1.22. The third kappa shape index (κ3) is 3.07. The van der Waals surface area contributed by atoms with Gasteiger partial charge in [-0.1, -0.05) is 23.2 Å². The second-order valence-electron chi connectivity index (χ2n) is 4.06. The lowest BCUT2D eigenvalue weighted by atomic mass is 10.2. The van der Waals surface area contributed by atoms with E-state index in [1.807, 2.05) is 0 Å². The van der Waals surface area contributed by atoms with Crippen LogP contribution in [0.15, 0.2) is 43.0 Å². The molecule has 3 rings (SSSR count). The highest BCUT2D eigenvalue weighted by Gasteiger charge is 2.13. The van der Waals surface area contributed by atoms with Gasteiger partial charge in [0, 0.05) is 5.02 Å². The van der Waals surface area contributed by atoms with Gasteiger partial charge in [0.25, 0.3) is 5.91 Å². The van der Waals surface area contributed by atoms with E-state index in [1.165, 1.54) is 17.7 Å². The summed E-state index contributed by atoms with van der Waals surface area (Å²) in [6.07, 6.45) is 2.96. The Morgan fingerprint density at radius 2 is 2.10 bits per heavy atom. The minimum Gasteiger partial charge on any atom is -0.319 e. The van der Waals surface area contributed by atoms with Gasteiger partial charge in [0.05, 0.1) is 20.6 Å². The van der Waals surface area contributed by atoms with E-state index in [1.54, 1.807) is 41.3 Å². The normalized spacial score (nSPS) is 10.6. The molecule has 3 aromatic rings. The molecule has 0 unspecified atom stereocenters. The second-order valence-corrected chi connectivity index (χ2v) is 6.21. The summed E-state index contributed by atoms with van der Waals surface area (Å²) in [6, 6.07) is 8.48. The number of thiophene rings is 1. The van der Waals surface area contributed by atoms with Crippen molar-refractivity contribution in [2.75, 3.05) is 5.32 Å². The van der Waals surface area contributed by atoms with Gasteiger partial charge in [-0.25, -0.2) is 9.67 Å². The number of anilines is 1. The fourth-order valence-electron chi connectivity index (χ4n) is 1.76. The van der Waals surface area contributed by atoms with Gasteiger partial charge in [0.1, 0.15) is 12.7 Å². The Morgan fingerprint density at radius 3 is 2.76 bits per heavy atom. The van der Waals surface area contributed by atoms with Gasteiger partial charge in [-0.2, -0.15) is 5.10 Å². The van der Waals surface area contributed by atoms with E-state index in [0.29, 0.717) is 25.6 Å². The number of amides is 1. The summed E-state index contributed by atoms with van der Waals surface area (Å²) in [5, 5.41) is 7.38. The molecule has 2 heterocycles. The minimum absolute atomic E-state index is 0.254. The number of hydrogen-bond donors (Lipinski definition) is 1. The van der Waals surface area contributed by atoms with E-state index in [4.69, 9.17) is 23.2 Å². The van der Waals surface area contributed by atoms with Gasteiger partial charge in [0.2, 0.25) is 0 Å². The fraction of sp³-hybridized carbons (Fsp3) is 0. The quantitative estimate of drug-likeness (QED) is 0.788. The Labute approximate surface area is 134 Å². The number of nitrogens with zero attached hydrogens (tertiary/aromatic N) is 3. The number of carbonyl (C=O) groups is 1. The maximum absolute atomic E-state index is 12.2. The Balaban J connectivity index is 1.94. The standard InChI is InChI=1S/C13H8Cl2N4OS/c14-8-1-2-10(19-7-16-6-17-19)9(5-8)18-13(20)11-3-4-12(15)21-11/h1-7H,(H,18,20). The smallest absolute Gasteiger partial charge is 0.265 e. The zero-order valence-electron chi connectivity index (χ0n) is 10.5. The van der Waals surface area contributed by atoms with E-state index in [9.17, 15) is 4.79 Å². The summed E-state index contributed by atoms with van der Waals surface area (Å²) in [4.78, 5) is 16.6. The van der Waals surface area contributed by atoms with Crippen LogP contribution in [0.25, 0.3) is 5.69 Å². The molecular formula is C13H8Cl2N4OS. The Hall–Kier alpha value is -1.89. The summed E-state index contributed by atoms with van der Waals surface area (Å²) < 4.78 is 2.11. The Morgan fingerprint density at radius 1 is 1.24 bits per heavy atom. The largest absolute Gasteiger partial charge is 0.319 e. The minimum atomic E-state index is -0.254. The first-order chi connectivity index (χ1) is 10.1. The molecule has 0 spiro atoms. The lowest BCUT2D eigenvalue weighted by molar-refractivity contribution is 0.103. The molecule has 0 radical (unpaired) electrons. The summed E-state index contributed by atoms with van der Waals surface area (Å²) >= 11 is 13.0. The van der Waals surface area contributed by atoms with E-state index >= 15 is 0 Å². The van der Waals surface area contributed by atoms with Gasteiger partial charge in [-0.3, -0.25) is 4.79 Å². The average Bonchev–Trinajstić information content (AvgIpc) is 3.10. The van der Waals surface area contributed by atoms with E-state index in [0.717, 1.165) is 0 Å². The van der Waals surface area contributed by atoms with Gasteiger partial charge < -0.3 is 5.32 Å². The van der Waals surface area contributed by atoms with Crippen molar-refractivity contribution in [1.82, 2.24) is 14.8 Å². The average molecular weight is 339 g/mol. The van der Waals surface area contributed by atoms with Gasteiger partial charge in [0.15, 0.2) is 0 Å². The predicted octanol–water partition coefficient (Wildman–Crippen LogP) is 3.89. The maximum Gasteiger partial charge on any atom is 0.265 e. The molecular weight excluding hydrogens is 331 g/mol. The van der Waals surface area contributed by atoms with Crippen molar-refractivity contribution < 1.29 is 4.79 Å². The van der Waals surface area contributed by atoms with Crippen molar-refractivity contribution in [1.29, 1.82) is 0 Å². The van der Waals surface area contributed by atoms with Crippen LogP contribution in [0.1, 0.15) is 9.67 Å². The lowest BCUT2D eigenvalue weighted by Crippen LogP contribution is -2.12. The van der Waals surface area contributed by atoms with Gasteiger partial charge >= 0.3 is 0 Å². The number of nitrogens with one attached hydrogen (secondary N) is 1. The monoisotopic (exact) mass is 338 g/mol. The van der Waals surface area contributed by atoms with Crippen molar-refractivity contribution in [3.63, 3.8) is 0 Å². The summed E-state index contributed by atoms with van der Waals surface area (Å²) in [5.74, 6) is -0.254. The van der Waals surface area contributed by atoms with Crippen LogP contribution in [0.4, 0.5) is 5.69 Å². The highest BCUT2D eigenvalue weighted by Crippen LogP contribution is 2.26. The molecule has 0 saturated heterocycles. The third-order valence-electron chi connectivity index (χ3n) is 2.67. The zero-order valence-corrected chi connectivity index (χ0v) is 12.8. The van der Waals surface area contributed by atoms with Gasteiger partial charge in [-0.05, 0) is 30.3 Å². The molecule has 5 nitrogen and oxygen atoms in total. The molecule has 1 aromatic carbocycles. The van der Waals surface area contributed by atoms with E-state index < -0.39 is 0 Å². The topological polar surface area (TPSA) is 59.8 Å². The fourth-order valence-corrected chi connectivity index (χ4v) is 2.87. The van der Waals surface area contributed by atoms with Crippen LogP contribution in [-0.2, 0) is 0 Å². The van der Waals surface area contributed by atoms with Crippen LogP contribution in [0.5, 0.6) is 0 Å². The van der Waals surface area contributed by atoms with Crippen molar-refractivity contribution in [3.8, 4) is 5.69 Å². The van der Waals surface area contributed by atoms with E-state index in [2.05, 4.69) is 15.4 Å². The first-order valence-corrected chi connectivity index (χ1v) is 7.42. The summed E-state index contributed by atoms with van der Waals surface area (Å²) in [7, 11) is 0. The molecule has 0 fully saturated rings. The second kappa shape index (κ2) is 5.85. The summed E-state index contributed by atoms with van der Waals surface area (Å²) in [6.45, 7) is 0. The van der Waals surface area contributed by atoms with Crippen molar-refractivity contribution in [2.24, 2.45) is 0 Å². The van der Waals surface area contributed by atoms with Gasteiger partial charge in [-0.15, -0.1) is 11.3 Å². The SMILES string of the molecule is O=C(Nc1cc(Cl)ccc1-n1cncn1)c1ccc(Cl)s1. The molecule has 0 aliphatic rings. The van der Waals surface area contributed by atoms with Crippen molar-refractivity contribution in [3.05, 3.63) is 57.2 Å². The maximum atomic E-state index is 12.2. The first kappa shape index (κ1) is 14.1. The molecule has 0 saturated carbocycles.